The van der Waals surface area contributed by atoms with E-state index in [0.29, 0.717) is 19.4 Å². The summed E-state index contributed by atoms with van der Waals surface area (Å²) < 4.78 is 24.7. The first-order chi connectivity index (χ1) is 7.18. The van der Waals surface area contributed by atoms with Crippen LogP contribution in [-0.4, -0.2) is 32.5 Å². The van der Waals surface area contributed by atoms with E-state index >= 15 is 0 Å². The van der Waals surface area contributed by atoms with E-state index in [0.717, 1.165) is 12.0 Å². The number of carbonyl (C=O) groups is 1. The second kappa shape index (κ2) is 4.55. The first-order valence-electron chi connectivity index (χ1n) is 5.14. The van der Waals surface area contributed by atoms with Crippen molar-refractivity contribution in [1.29, 1.82) is 0 Å². The van der Waals surface area contributed by atoms with Crippen molar-refractivity contribution in [2.75, 3.05) is 12.8 Å². The molecule has 0 aliphatic heterocycles. The Balaban J connectivity index is 2.48. The number of allylic oxidation sites excluding steroid dienone is 2. The Hall–Kier alpha value is -0.880. The minimum absolute atomic E-state index is 0.122. The van der Waals surface area contributed by atoms with Crippen LogP contribution in [0, 0.1) is 0 Å². The van der Waals surface area contributed by atoms with Gasteiger partial charge in [-0.25, -0.2) is 13.1 Å². The predicted molar refractivity (Wildman–Crippen MR) is 62.4 cm³/mol. The van der Waals surface area contributed by atoms with Gasteiger partial charge in [0.1, 0.15) is 0 Å². The fourth-order valence-electron chi connectivity index (χ4n) is 1.61. The van der Waals surface area contributed by atoms with Crippen molar-refractivity contribution in [3.05, 3.63) is 11.8 Å². The molecule has 0 radical (unpaired) electrons. The first kappa shape index (κ1) is 13.2. The molecule has 92 valence electrons. The molecule has 5 nitrogen and oxygen atoms in total. The molecular weight excluding hydrogens is 228 g/mol. The zero-order valence-corrected chi connectivity index (χ0v) is 10.6. The van der Waals surface area contributed by atoms with Crippen molar-refractivity contribution in [2.24, 2.45) is 0 Å². The minimum atomic E-state index is -3.21. The second-order valence-corrected chi connectivity index (χ2v) is 6.50. The van der Waals surface area contributed by atoms with Gasteiger partial charge in [0, 0.05) is 30.3 Å². The topological polar surface area (TPSA) is 75.3 Å². The van der Waals surface area contributed by atoms with Gasteiger partial charge in [-0.3, -0.25) is 4.79 Å². The molecule has 0 spiro atoms. The summed E-state index contributed by atoms with van der Waals surface area (Å²) in [5.74, 6) is 0.122. The van der Waals surface area contributed by atoms with Gasteiger partial charge in [0.15, 0.2) is 5.78 Å². The molecule has 0 unspecified atom stereocenters. The fourth-order valence-corrected chi connectivity index (χ4v) is 2.68. The number of sulfonamides is 1. The van der Waals surface area contributed by atoms with Crippen molar-refractivity contribution in [3.8, 4) is 0 Å². The molecule has 16 heavy (non-hydrogen) atoms. The van der Waals surface area contributed by atoms with E-state index in [1.54, 1.807) is 19.9 Å². The lowest BCUT2D eigenvalue weighted by Gasteiger charge is -2.26. The van der Waals surface area contributed by atoms with Crippen LogP contribution >= 0.6 is 0 Å². The van der Waals surface area contributed by atoms with Gasteiger partial charge in [-0.1, -0.05) is 0 Å². The summed E-state index contributed by atoms with van der Waals surface area (Å²) in [6.07, 6.45) is 3.97. The number of hydrogen-bond acceptors (Lipinski definition) is 4. The highest BCUT2D eigenvalue weighted by Crippen LogP contribution is 2.13. The fraction of sp³-hybridized carbons (Fsp3) is 0.700. The number of hydrogen-bond donors (Lipinski definition) is 2. The van der Waals surface area contributed by atoms with Crippen LogP contribution in [0.4, 0.5) is 0 Å². The normalized spacial score (nSPS) is 17.4. The maximum atomic E-state index is 11.1. The summed E-state index contributed by atoms with van der Waals surface area (Å²) >= 11 is 0. The summed E-state index contributed by atoms with van der Waals surface area (Å²) in [5.41, 5.74) is 0.313. The number of rotatable bonds is 5. The lowest BCUT2D eigenvalue weighted by molar-refractivity contribution is -0.114. The largest absolute Gasteiger partial charge is 0.386 e. The molecule has 6 heteroatoms. The van der Waals surface area contributed by atoms with E-state index in [9.17, 15) is 13.2 Å². The maximum absolute atomic E-state index is 11.1. The third-order valence-electron chi connectivity index (χ3n) is 2.20. The third kappa shape index (κ3) is 4.76. The molecule has 2 N–H and O–H groups in total. The smallest absolute Gasteiger partial charge is 0.209 e. The number of ketones is 1. The van der Waals surface area contributed by atoms with E-state index in [-0.39, 0.29) is 5.78 Å². The van der Waals surface area contributed by atoms with Crippen molar-refractivity contribution < 1.29 is 13.2 Å². The second-order valence-electron chi connectivity index (χ2n) is 4.75. The highest BCUT2D eigenvalue weighted by Gasteiger charge is 2.23. The molecule has 0 bridgehead atoms. The molecule has 0 aromatic rings. The summed E-state index contributed by atoms with van der Waals surface area (Å²) in [6, 6.07) is 0. The molecular formula is C10H18N2O3S. The van der Waals surface area contributed by atoms with Crippen LogP contribution in [0.3, 0.4) is 0 Å². The standard InChI is InChI=1S/C10H18N2O3S/c1-10(2,12-16(3,14)15)7-11-8-4-5-9(13)6-8/h6,11-12H,4-5,7H2,1-3H3. The summed E-state index contributed by atoms with van der Waals surface area (Å²) in [5, 5.41) is 3.09. The molecule has 0 saturated heterocycles. The molecule has 1 rings (SSSR count). The average Bonchev–Trinajstić information content (AvgIpc) is 2.44. The van der Waals surface area contributed by atoms with Gasteiger partial charge < -0.3 is 5.32 Å². The molecule has 1 aliphatic carbocycles. The van der Waals surface area contributed by atoms with E-state index in [1.807, 2.05) is 0 Å². The number of carbonyl (C=O) groups excluding carboxylic acids is 1. The van der Waals surface area contributed by atoms with Crippen LogP contribution in [0.2, 0.25) is 0 Å². The Bertz CT molecular complexity index is 410. The monoisotopic (exact) mass is 246 g/mol. The van der Waals surface area contributed by atoms with Gasteiger partial charge >= 0.3 is 0 Å². The van der Waals surface area contributed by atoms with E-state index < -0.39 is 15.6 Å². The SMILES string of the molecule is CC(C)(CNC1=CC(=O)CC1)NS(C)(=O)=O. The zero-order chi connectivity index (χ0) is 12.4. The highest BCUT2D eigenvalue weighted by atomic mass is 32.2. The van der Waals surface area contributed by atoms with E-state index in [1.165, 1.54) is 0 Å². The maximum Gasteiger partial charge on any atom is 0.209 e. The van der Waals surface area contributed by atoms with Crippen LogP contribution in [0.25, 0.3) is 0 Å². The molecule has 0 saturated carbocycles. The summed E-state index contributed by atoms with van der Waals surface area (Å²) in [7, 11) is -3.21. The lowest BCUT2D eigenvalue weighted by Crippen LogP contribution is -2.49. The summed E-state index contributed by atoms with van der Waals surface area (Å²) in [4.78, 5) is 11.0. The van der Waals surface area contributed by atoms with Crippen molar-refractivity contribution in [2.45, 2.75) is 32.2 Å². The van der Waals surface area contributed by atoms with Crippen LogP contribution in [-0.2, 0) is 14.8 Å². The van der Waals surface area contributed by atoms with Gasteiger partial charge in [0.05, 0.1) is 6.26 Å². The molecule has 1 aliphatic rings. The van der Waals surface area contributed by atoms with Gasteiger partial charge in [-0.2, -0.15) is 0 Å². The third-order valence-corrected chi connectivity index (χ3v) is 3.12. The van der Waals surface area contributed by atoms with Crippen LogP contribution in [0.15, 0.2) is 11.8 Å². The molecule has 0 heterocycles. The number of nitrogens with one attached hydrogen (secondary N) is 2. The van der Waals surface area contributed by atoms with Gasteiger partial charge in [-0.15, -0.1) is 0 Å². The predicted octanol–water partition coefficient (Wildman–Crippen LogP) is 0.151. The van der Waals surface area contributed by atoms with Crippen molar-refractivity contribution in [3.63, 3.8) is 0 Å². The average molecular weight is 246 g/mol. The Kier molecular flexibility index (Phi) is 3.75. The van der Waals surface area contributed by atoms with Crippen LogP contribution < -0.4 is 10.0 Å². The Morgan fingerprint density at radius 3 is 2.44 bits per heavy atom. The quantitative estimate of drug-likeness (QED) is 0.724. The Labute approximate surface area is 96.4 Å². The Morgan fingerprint density at radius 1 is 1.38 bits per heavy atom. The summed E-state index contributed by atoms with van der Waals surface area (Å²) in [6.45, 7) is 4.04. The van der Waals surface area contributed by atoms with E-state index in [4.69, 9.17) is 0 Å². The van der Waals surface area contributed by atoms with Gasteiger partial charge in [0.2, 0.25) is 10.0 Å². The van der Waals surface area contributed by atoms with E-state index in [2.05, 4.69) is 10.0 Å². The molecule has 0 aromatic heterocycles. The van der Waals surface area contributed by atoms with Gasteiger partial charge in [-0.05, 0) is 20.3 Å². The van der Waals surface area contributed by atoms with Crippen molar-refractivity contribution >= 4 is 15.8 Å². The lowest BCUT2D eigenvalue weighted by atomic mass is 10.1. The molecule has 0 atom stereocenters. The first-order valence-corrected chi connectivity index (χ1v) is 7.03. The van der Waals surface area contributed by atoms with Gasteiger partial charge in [0.25, 0.3) is 0 Å². The zero-order valence-electron chi connectivity index (χ0n) is 9.83. The van der Waals surface area contributed by atoms with Crippen LogP contribution in [0.1, 0.15) is 26.7 Å². The molecule has 0 amide bonds. The molecule has 0 fully saturated rings. The minimum Gasteiger partial charge on any atom is -0.386 e. The highest BCUT2D eigenvalue weighted by molar-refractivity contribution is 7.88. The van der Waals surface area contributed by atoms with Crippen LogP contribution in [0.5, 0.6) is 0 Å². The van der Waals surface area contributed by atoms with Crippen molar-refractivity contribution in [1.82, 2.24) is 10.0 Å². The Morgan fingerprint density at radius 2 is 2.00 bits per heavy atom. The molecule has 0 aromatic carbocycles.